The highest BCUT2D eigenvalue weighted by atomic mass is 16.2. The van der Waals surface area contributed by atoms with Crippen LogP contribution < -0.4 is 5.32 Å². The van der Waals surface area contributed by atoms with Gasteiger partial charge in [-0.1, -0.05) is 36.4 Å². The monoisotopic (exact) mass is 412 g/mol. The second-order valence-corrected chi connectivity index (χ2v) is 8.70. The van der Waals surface area contributed by atoms with E-state index in [-0.39, 0.29) is 5.91 Å². The normalized spacial score (nSPS) is 15.5. The summed E-state index contributed by atoms with van der Waals surface area (Å²) in [5, 5.41) is 5.32. The van der Waals surface area contributed by atoms with Gasteiger partial charge in [0.25, 0.3) is 0 Å². The molecule has 2 N–H and O–H groups in total. The number of amides is 1. The number of nitrogens with zero attached hydrogens (tertiary/aromatic N) is 2. The molecule has 5 heteroatoms. The SMILES string of the molecule is Cc1cc2nc(C3CCN(CC(=O)Nc4cccc5ccccc45)CC3)[nH]c2cc1C. The number of H-pyrrole nitrogens is 1. The van der Waals surface area contributed by atoms with Crippen molar-refractivity contribution in [2.45, 2.75) is 32.6 Å². The molecule has 4 aromatic rings. The summed E-state index contributed by atoms with van der Waals surface area (Å²) in [4.78, 5) is 23.3. The third-order valence-electron chi connectivity index (χ3n) is 6.52. The summed E-state index contributed by atoms with van der Waals surface area (Å²) >= 11 is 0. The number of nitrogens with one attached hydrogen (secondary N) is 2. The van der Waals surface area contributed by atoms with Crippen LogP contribution in [0.2, 0.25) is 0 Å². The molecule has 1 aliphatic rings. The number of likely N-dealkylation sites (tertiary alicyclic amines) is 1. The number of rotatable bonds is 4. The summed E-state index contributed by atoms with van der Waals surface area (Å²) in [6.45, 7) is 6.50. The molecule has 31 heavy (non-hydrogen) atoms. The molecule has 1 aliphatic heterocycles. The van der Waals surface area contributed by atoms with Gasteiger partial charge in [0, 0.05) is 17.0 Å². The minimum Gasteiger partial charge on any atom is -0.342 e. The minimum atomic E-state index is 0.0458. The van der Waals surface area contributed by atoms with Crippen molar-refractivity contribution in [2.24, 2.45) is 0 Å². The zero-order valence-corrected chi connectivity index (χ0v) is 18.1. The molecular weight excluding hydrogens is 384 g/mol. The van der Waals surface area contributed by atoms with Gasteiger partial charge in [-0.15, -0.1) is 0 Å². The van der Waals surface area contributed by atoms with E-state index in [2.05, 4.69) is 53.3 Å². The summed E-state index contributed by atoms with van der Waals surface area (Å²) in [6.07, 6.45) is 2.03. The van der Waals surface area contributed by atoms with Crippen LogP contribution in [0, 0.1) is 13.8 Å². The number of aryl methyl sites for hydroxylation is 2. The van der Waals surface area contributed by atoms with Gasteiger partial charge in [-0.05, 0) is 74.5 Å². The lowest BCUT2D eigenvalue weighted by Gasteiger charge is -2.30. The van der Waals surface area contributed by atoms with Gasteiger partial charge in [-0.2, -0.15) is 0 Å². The average Bonchev–Trinajstić information content (AvgIpc) is 3.17. The first-order chi connectivity index (χ1) is 15.1. The van der Waals surface area contributed by atoms with Crippen molar-refractivity contribution >= 4 is 33.4 Å². The number of hydrogen-bond donors (Lipinski definition) is 2. The Bertz CT molecular complexity index is 1210. The van der Waals surface area contributed by atoms with Crippen LogP contribution in [-0.2, 0) is 4.79 Å². The van der Waals surface area contributed by atoms with Crippen molar-refractivity contribution in [2.75, 3.05) is 25.0 Å². The second-order valence-electron chi connectivity index (χ2n) is 8.70. The number of piperidine rings is 1. The molecule has 0 bridgehead atoms. The van der Waals surface area contributed by atoms with Gasteiger partial charge < -0.3 is 10.3 Å². The standard InChI is InChI=1S/C26H28N4O/c1-17-14-23-24(15-18(17)2)29-26(28-23)20-10-12-30(13-11-20)16-25(31)27-22-9-5-7-19-6-3-4-8-21(19)22/h3-9,14-15,20H,10-13,16H2,1-2H3,(H,27,31)(H,28,29). The Morgan fingerprint density at radius 2 is 1.81 bits per heavy atom. The zero-order valence-electron chi connectivity index (χ0n) is 18.1. The van der Waals surface area contributed by atoms with Gasteiger partial charge >= 0.3 is 0 Å². The van der Waals surface area contributed by atoms with E-state index in [1.54, 1.807) is 0 Å². The highest BCUT2D eigenvalue weighted by molar-refractivity contribution is 6.02. The van der Waals surface area contributed by atoms with Crippen molar-refractivity contribution in [3.05, 3.63) is 71.5 Å². The molecule has 0 atom stereocenters. The molecule has 158 valence electrons. The molecule has 1 amide bonds. The fourth-order valence-electron chi connectivity index (χ4n) is 4.57. The van der Waals surface area contributed by atoms with Crippen molar-refractivity contribution in [3.63, 3.8) is 0 Å². The molecular formula is C26H28N4O. The number of anilines is 1. The van der Waals surface area contributed by atoms with E-state index < -0.39 is 0 Å². The van der Waals surface area contributed by atoms with Crippen LogP contribution in [0.15, 0.2) is 54.6 Å². The predicted octanol–water partition coefficient (Wildman–Crippen LogP) is 5.15. The lowest BCUT2D eigenvalue weighted by molar-refractivity contribution is -0.117. The van der Waals surface area contributed by atoms with Gasteiger partial charge in [0.05, 0.1) is 17.6 Å². The number of fused-ring (bicyclic) bond motifs is 2. The Balaban J connectivity index is 1.20. The first kappa shape index (κ1) is 19.8. The first-order valence-corrected chi connectivity index (χ1v) is 11.0. The quantitative estimate of drug-likeness (QED) is 0.487. The Morgan fingerprint density at radius 3 is 2.65 bits per heavy atom. The molecule has 0 saturated carbocycles. The summed E-state index contributed by atoms with van der Waals surface area (Å²) in [5.41, 5.74) is 5.61. The van der Waals surface area contributed by atoms with Gasteiger partial charge in [-0.25, -0.2) is 4.98 Å². The van der Waals surface area contributed by atoms with E-state index in [1.165, 1.54) is 11.1 Å². The van der Waals surface area contributed by atoms with E-state index in [1.807, 2.05) is 30.3 Å². The maximum absolute atomic E-state index is 12.7. The molecule has 5 nitrogen and oxygen atoms in total. The van der Waals surface area contributed by atoms with Gasteiger partial charge in [0.15, 0.2) is 0 Å². The van der Waals surface area contributed by atoms with Gasteiger partial charge in [0.1, 0.15) is 5.82 Å². The lowest BCUT2D eigenvalue weighted by Crippen LogP contribution is -2.38. The highest BCUT2D eigenvalue weighted by Crippen LogP contribution is 2.29. The molecule has 3 aromatic carbocycles. The van der Waals surface area contributed by atoms with Gasteiger partial charge in [0.2, 0.25) is 5.91 Å². The maximum Gasteiger partial charge on any atom is 0.238 e. The van der Waals surface area contributed by atoms with Crippen molar-refractivity contribution in [3.8, 4) is 0 Å². The predicted molar refractivity (Wildman–Crippen MR) is 127 cm³/mol. The van der Waals surface area contributed by atoms with Gasteiger partial charge in [-0.3, -0.25) is 9.69 Å². The number of aromatic nitrogens is 2. The second kappa shape index (κ2) is 8.16. The van der Waals surface area contributed by atoms with Crippen molar-refractivity contribution in [1.82, 2.24) is 14.9 Å². The number of aromatic amines is 1. The van der Waals surface area contributed by atoms with Crippen LogP contribution in [0.1, 0.15) is 35.7 Å². The van der Waals surface area contributed by atoms with Crippen LogP contribution in [0.25, 0.3) is 21.8 Å². The van der Waals surface area contributed by atoms with E-state index in [4.69, 9.17) is 4.98 Å². The fraction of sp³-hybridized carbons (Fsp3) is 0.308. The highest BCUT2D eigenvalue weighted by Gasteiger charge is 2.24. The zero-order chi connectivity index (χ0) is 21.4. The molecule has 1 fully saturated rings. The Kier molecular flexibility index (Phi) is 5.20. The molecule has 1 saturated heterocycles. The largest absolute Gasteiger partial charge is 0.342 e. The Hall–Kier alpha value is -3.18. The van der Waals surface area contributed by atoms with Crippen LogP contribution >= 0.6 is 0 Å². The molecule has 0 unspecified atom stereocenters. The van der Waals surface area contributed by atoms with E-state index >= 15 is 0 Å². The number of carbonyl (C=O) groups is 1. The number of benzene rings is 3. The topological polar surface area (TPSA) is 61.0 Å². The molecule has 0 spiro atoms. The van der Waals surface area contributed by atoms with Crippen molar-refractivity contribution < 1.29 is 4.79 Å². The van der Waals surface area contributed by atoms with Crippen LogP contribution in [0.4, 0.5) is 5.69 Å². The average molecular weight is 413 g/mol. The van der Waals surface area contributed by atoms with Crippen LogP contribution in [-0.4, -0.2) is 40.4 Å². The van der Waals surface area contributed by atoms with Crippen molar-refractivity contribution in [1.29, 1.82) is 0 Å². The number of carbonyl (C=O) groups excluding carboxylic acids is 1. The summed E-state index contributed by atoms with van der Waals surface area (Å²) < 4.78 is 0. The molecule has 0 radical (unpaired) electrons. The maximum atomic E-state index is 12.7. The molecule has 1 aromatic heterocycles. The van der Waals surface area contributed by atoms with E-state index in [0.717, 1.165) is 59.2 Å². The Labute approximate surface area is 182 Å². The minimum absolute atomic E-state index is 0.0458. The van der Waals surface area contributed by atoms with E-state index in [0.29, 0.717) is 12.5 Å². The van der Waals surface area contributed by atoms with Crippen LogP contribution in [0.5, 0.6) is 0 Å². The van der Waals surface area contributed by atoms with E-state index in [9.17, 15) is 4.79 Å². The van der Waals surface area contributed by atoms with Crippen LogP contribution in [0.3, 0.4) is 0 Å². The third kappa shape index (κ3) is 4.06. The Morgan fingerprint density at radius 1 is 1.06 bits per heavy atom. The molecule has 5 rings (SSSR count). The summed E-state index contributed by atoms with van der Waals surface area (Å²) in [6, 6.07) is 18.5. The third-order valence-corrected chi connectivity index (χ3v) is 6.52. The molecule has 0 aliphatic carbocycles. The fourth-order valence-corrected chi connectivity index (χ4v) is 4.57. The summed E-state index contributed by atoms with van der Waals surface area (Å²) in [7, 11) is 0. The lowest BCUT2D eigenvalue weighted by atomic mass is 9.96. The number of hydrogen-bond acceptors (Lipinski definition) is 3. The molecule has 2 heterocycles. The first-order valence-electron chi connectivity index (χ1n) is 11.0. The smallest absolute Gasteiger partial charge is 0.238 e. The number of imidazole rings is 1. The summed E-state index contributed by atoms with van der Waals surface area (Å²) in [5.74, 6) is 1.55.